The number of nitrogens with two attached hydrogens (primary N) is 1. The largest absolute Gasteiger partial charge is 0.409 e. The maximum Gasteiger partial charge on any atom is 0.144 e. The molecule has 0 bridgehead atoms. The predicted octanol–water partition coefficient (Wildman–Crippen LogP) is 1.34. The van der Waals surface area contributed by atoms with Crippen LogP contribution in [0.4, 0.5) is 0 Å². The molecule has 1 rings (SSSR count). The lowest BCUT2D eigenvalue weighted by molar-refractivity contribution is 0.0386. The van der Waals surface area contributed by atoms with Gasteiger partial charge in [0.15, 0.2) is 0 Å². The van der Waals surface area contributed by atoms with Crippen LogP contribution < -0.4 is 5.73 Å². The lowest BCUT2D eigenvalue weighted by Gasteiger charge is -2.22. The fraction of sp³-hybridized carbons (Fsp3) is 0.909. The van der Waals surface area contributed by atoms with Crippen molar-refractivity contribution >= 4 is 5.84 Å². The molecule has 0 aromatic rings. The second-order valence-electron chi connectivity index (χ2n) is 4.83. The summed E-state index contributed by atoms with van der Waals surface area (Å²) in [6, 6.07) is 0. The molecule has 1 fully saturated rings. The van der Waals surface area contributed by atoms with E-state index in [9.17, 15) is 0 Å². The molecule has 0 aromatic heterocycles. The molecule has 1 aliphatic rings. The van der Waals surface area contributed by atoms with Crippen molar-refractivity contribution in [2.45, 2.75) is 39.2 Å². The molecule has 5 nitrogen and oxygen atoms in total. The average Bonchev–Trinajstić information content (AvgIpc) is 2.76. The van der Waals surface area contributed by atoms with Gasteiger partial charge in [-0.25, -0.2) is 0 Å². The third-order valence-corrected chi connectivity index (χ3v) is 2.99. The van der Waals surface area contributed by atoms with Crippen LogP contribution in [0.2, 0.25) is 0 Å². The predicted molar refractivity (Wildman–Crippen MR) is 61.6 cm³/mol. The first-order valence-corrected chi connectivity index (χ1v) is 5.73. The average molecular weight is 230 g/mol. The molecule has 0 spiro atoms. The number of hydrogen-bond acceptors (Lipinski definition) is 4. The van der Waals surface area contributed by atoms with Crippen molar-refractivity contribution in [3.05, 3.63) is 0 Å². The van der Waals surface area contributed by atoms with E-state index in [1.54, 1.807) is 0 Å². The third kappa shape index (κ3) is 3.98. The summed E-state index contributed by atoms with van der Waals surface area (Å²) in [5.41, 5.74) is 5.32. The van der Waals surface area contributed by atoms with Gasteiger partial charge in [0.1, 0.15) is 5.84 Å². The maximum absolute atomic E-state index is 8.61. The molecule has 1 aliphatic heterocycles. The van der Waals surface area contributed by atoms with E-state index in [2.05, 4.69) is 5.16 Å². The summed E-state index contributed by atoms with van der Waals surface area (Å²) in [5, 5.41) is 11.7. The molecule has 0 aromatic carbocycles. The molecule has 1 heterocycles. The highest BCUT2D eigenvalue weighted by Gasteiger charge is 2.23. The number of ether oxygens (including phenoxy) is 2. The minimum Gasteiger partial charge on any atom is -0.409 e. The van der Waals surface area contributed by atoms with E-state index in [0.29, 0.717) is 13.2 Å². The van der Waals surface area contributed by atoms with Crippen molar-refractivity contribution in [2.75, 3.05) is 19.8 Å². The first-order valence-electron chi connectivity index (χ1n) is 5.73. The first-order chi connectivity index (χ1) is 7.56. The summed E-state index contributed by atoms with van der Waals surface area (Å²) in [4.78, 5) is 0. The van der Waals surface area contributed by atoms with Gasteiger partial charge in [0.2, 0.25) is 0 Å². The maximum atomic E-state index is 8.61. The van der Waals surface area contributed by atoms with Gasteiger partial charge >= 0.3 is 0 Å². The van der Waals surface area contributed by atoms with Crippen LogP contribution in [0.1, 0.15) is 33.1 Å². The summed E-state index contributed by atoms with van der Waals surface area (Å²) in [6.45, 7) is 6.14. The first kappa shape index (κ1) is 13.3. The van der Waals surface area contributed by atoms with Crippen LogP contribution in [0.15, 0.2) is 5.16 Å². The quantitative estimate of drug-likeness (QED) is 0.237. The van der Waals surface area contributed by atoms with Crippen LogP contribution in [0.25, 0.3) is 0 Å². The lowest BCUT2D eigenvalue weighted by atomic mass is 9.87. The molecule has 5 heteroatoms. The number of oxime groups is 1. The molecule has 1 saturated heterocycles. The summed E-state index contributed by atoms with van der Waals surface area (Å²) < 4.78 is 10.9. The van der Waals surface area contributed by atoms with Crippen molar-refractivity contribution in [1.29, 1.82) is 0 Å². The van der Waals surface area contributed by atoms with Gasteiger partial charge in [0.05, 0.1) is 12.7 Å². The fourth-order valence-corrected chi connectivity index (χ4v) is 1.67. The SMILES string of the molecule is CC(C)(CCCOC1CCOC1)C(N)=NO. The monoisotopic (exact) mass is 230 g/mol. The van der Waals surface area contributed by atoms with Gasteiger partial charge in [0.25, 0.3) is 0 Å². The summed E-state index contributed by atoms with van der Waals surface area (Å²) >= 11 is 0. The Morgan fingerprint density at radius 1 is 1.62 bits per heavy atom. The highest BCUT2D eigenvalue weighted by atomic mass is 16.5. The van der Waals surface area contributed by atoms with Crippen LogP contribution in [-0.4, -0.2) is 37.0 Å². The van der Waals surface area contributed by atoms with Crippen molar-refractivity contribution in [3.8, 4) is 0 Å². The molecule has 94 valence electrons. The molecule has 3 N–H and O–H groups in total. The standard InChI is InChI=1S/C11H22N2O3/c1-11(2,10(12)13-14)5-3-6-16-9-4-7-15-8-9/h9,14H,3-8H2,1-2H3,(H2,12,13). The molecule has 16 heavy (non-hydrogen) atoms. The Hall–Kier alpha value is -0.810. The van der Waals surface area contributed by atoms with Gasteiger partial charge in [-0.2, -0.15) is 0 Å². The normalized spacial score (nSPS) is 22.6. The Labute approximate surface area is 96.6 Å². The van der Waals surface area contributed by atoms with E-state index in [1.165, 1.54) is 0 Å². The Morgan fingerprint density at radius 2 is 2.38 bits per heavy atom. The molecular weight excluding hydrogens is 208 g/mol. The number of rotatable bonds is 6. The van der Waals surface area contributed by atoms with Crippen LogP contribution in [-0.2, 0) is 9.47 Å². The van der Waals surface area contributed by atoms with E-state index >= 15 is 0 Å². The van der Waals surface area contributed by atoms with Crippen molar-refractivity contribution in [1.82, 2.24) is 0 Å². The Balaban J connectivity index is 2.14. The zero-order chi connectivity index (χ0) is 12.0. The van der Waals surface area contributed by atoms with Crippen molar-refractivity contribution in [2.24, 2.45) is 16.3 Å². The molecule has 0 radical (unpaired) electrons. The van der Waals surface area contributed by atoms with Gasteiger partial charge in [-0.05, 0) is 19.3 Å². The topological polar surface area (TPSA) is 77.1 Å². The van der Waals surface area contributed by atoms with Gasteiger partial charge in [-0.3, -0.25) is 0 Å². The zero-order valence-corrected chi connectivity index (χ0v) is 10.1. The van der Waals surface area contributed by atoms with Crippen LogP contribution in [0, 0.1) is 5.41 Å². The van der Waals surface area contributed by atoms with Crippen LogP contribution >= 0.6 is 0 Å². The molecular formula is C11H22N2O3. The van der Waals surface area contributed by atoms with Gasteiger partial charge in [0, 0.05) is 18.6 Å². The molecule has 0 saturated carbocycles. The minimum atomic E-state index is -0.274. The number of hydrogen-bond donors (Lipinski definition) is 2. The van der Waals surface area contributed by atoms with E-state index in [0.717, 1.165) is 25.9 Å². The van der Waals surface area contributed by atoms with Gasteiger partial charge < -0.3 is 20.4 Å². The number of amidine groups is 1. The molecule has 0 amide bonds. The highest BCUT2D eigenvalue weighted by molar-refractivity contribution is 5.85. The van der Waals surface area contributed by atoms with Crippen molar-refractivity contribution < 1.29 is 14.7 Å². The lowest BCUT2D eigenvalue weighted by Crippen LogP contribution is -2.32. The van der Waals surface area contributed by atoms with E-state index in [1.807, 2.05) is 13.8 Å². The zero-order valence-electron chi connectivity index (χ0n) is 10.1. The van der Waals surface area contributed by atoms with E-state index in [-0.39, 0.29) is 17.4 Å². The fourth-order valence-electron chi connectivity index (χ4n) is 1.67. The summed E-state index contributed by atoms with van der Waals surface area (Å²) in [7, 11) is 0. The minimum absolute atomic E-state index is 0.256. The van der Waals surface area contributed by atoms with E-state index in [4.69, 9.17) is 20.4 Å². The Bertz CT molecular complexity index is 235. The highest BCUT2D eigenvalue weighted by Crippen LogP contribution is 2.22. The Morgan fingerprint density at radius 3 is 2.94 bits per heavy atom. The number of nitrogens with zero attached hydrogens (tertiary/aromatic N) is 1. The summed E-state index contributed by atoms with van der Waals surface area (Å²) in [5.74, 6) is 0.275. The van der Waals surface area contributed by atoms with Gasteiger partial charge in [-0.1, -0.05) is 19.0 Å². The smallest absolute Gasteiger partial charge is 0.144 e. The summed E-state index contributed by atoms with van der Waals surface area (Å²) in [6.07, 6.45) is 2.99. The van der Waals surface area contributed by atoms with Crippen LogP contribution in [0.5, 0.6) is 0 Å². The third-order valence-electron chi connectivity index (χ3n) is 2.99. The second kappa shape index (κ2) is 6.06. The van der Waals surface area contributed by atoms with Crippen molar-refractivity contribution in [3.63, 3.8) is 0 Å². The van der Waals surface area contributed by atoms with Gasteiger partial charge in [-0.15, -0.1) is 0 Å². The second-order valence-corrected chi connectivity index (χ2v) is 4.83. The molecule has 1 atom stereocenters. The van der Waals surface area contributed by atoms with E-state index < -0.39 is 0 Å². The Kier molecular flexibility index (Phi) is 5.02. The molecule has 1 unspecified atom stereocenters. The molecule has 0 aliphatic carbocycles. The van der Waals surface area contributed by atoms with Crippen LogP contribution in [0.3, 0.4) is 0 Å².